The van der Waals surface area contributed by atoms with Crippen LogP contribution in [0.4, 0.5) is 11.5 Å². The Bertz CT molecular complexity index is 1160. The number of amides is 1. The molecule has 0 spiro atoms. The first-order chi connectivity index (χ1) is 15.0. The molecular formula is C24H26N4O3. The van der Waals surface area contributed by atoms with Gasteiger partial charge in [-0.2, -0.15) is 0 Å². The van der Waals surface area contributed by atoms with Gasteiger partial charge in [0, 0.05) is 12.6 Å². The Morgan fingerprint density at radius 2 is 1.71 bits per heavy atom. The van der Waals surface area contributed by atoms with E-state index in [0.717, 1.165) is 24.0 Å². The van der Waals surface area contributed by atoms with Crippen molar-refractivity contribution in [3.63, 3.8) is 0 Å². The fraction of sp³-hybridized carbons (Fsp3) is 0.208. The van der Waals surface area contributed by atoms with Crippen LogP contribution in [0.1, 0.15) is 30.9 Å². The van der Waals surface area contributed by atoms with Crippen LogP contribution < -0.4 is 21.9 Å². The highest BCUT2D eigenvalue weighted by molar-refractivity contribution is 6.05. The van der Waals surface area contributed by atoms with E-state index >= 15 is 0 Å². The van der Waals surface area contributed by atoms with Crippen molar-refractivity contribution in [2.45, 2.75) is 32.9 Å². The lowest BCUT2D eigenvalue weighted by molar-refractivity contribution is -0.114. The topological polar surface area (TPSA) is 101 Å². The first-order valence-electron chi connectivity index (χ1n) is 10.2. The molecule has 3 N–H and O–H groups in total. The molecule has 2 aromatic carbocycles. The van der Waals surface area contributed by atoms with Gasteiger partial charge in [-0.05, 0) is 23.6 Å². The number of anilines is 2. The number of benzene rings is 2. The largest absolute Gasteiger partial charge is 0.383 e. The fourth-order valence-corrected chi connectivity index (χ4v) is 3.23. The van der Waals surface area contributed by atoms with Crippen molar-refractivity contribution >= 4 is 23.5 Å². The predicted octanol–water partition coefficient (Wildman–Crippen LogP) is 3.17. The predicted molar refractivity (Wildman–Crippen MR) is 124 cm³/mol. The monoisotopic (exact) mass is 418 g/mol. The lowest BCUT2D eigenvalue weighted by Gasteiger charge is -2.23. The summed E-state index contributed by atoms with van der Waals surface area (Å²) in [6.45, 7) is 2.49. The molecule has 1 aromatic heterocycles. The van der Waals surface area contributed by atoms with E-state index in [-0.39, 0.29) is 18.1 Å². The van der Waals surface area contributed by atoms with Crippen LogP contribution in [0.5, 0.6) is 0 Å². The van der Waals surface area contributed by atoms with Gasteiger partial charge in [-0.3, -0.25) is 24.0 Å². The van der Waals surface area contributed by atoms with Crippen molar-refractivity contribution in [3.05, 3.63) is 98.7 Å². The Morgan fingerprint density at radius 1 is 1.06 bits per heavy atom. The molecule has 0 aliphatic carbocycles. The molecule has 0 fully saturated rings. The third kappa shape index (κ3) is 5.39. The molecule has 7 heteroatoms. The molecule has 0 bridgehead atoms. The zero-order valence-corrected chi connectivity index (χ0v) is 17.5. The van der Waals surface area contributed by atoms with E-state index in [1.54, 1.807) is 6.08 Å². The van der Waals surface area contributed by atoms with Crippen LogP contribution in [0, 0.1) is 0 Å². The number of carbonyl (C=O) groups is 1. The second-order valence-electron chi connectivity index (χ2n) is 7.15. The van der Waals surface area contributed by atoms with E-state index in [1.807, 2.05) is 67.6 Å². The summed E-state index contributed by atoms with van der Waals surface area (Å²) in [6, 6.07) is 18.7. The smallest absolute Gasteiger partial charge is 0.330 e. The third-order valence-electron chi connectivity index (χ3n) is 4.89. The summed E-state index contributed by atoms with van der Waals surface area (Å²) in [5, 5.41) is 0. The molecular weight excluding hydrogens is 392 g/mol. The van der Waals surface area contributed by atoms with Crippen molar-refractivity contribution in [1.29, 1.82) is 0 Å². The van der Waals surface area contributed by atoms with Crippen LogP contribution in [0.15, 0.2) is 76.3 Å². The summed E-state index contributed by atoms with van der Waals surface area (Å²) in [5.74, 6) is -0.426. The number of nitrogens with two attached hydrogens (primary N) is 1. The molecule has 0 atom stereocenters. The standard InChI is InChI=1S/C24H26N4O3/c1-2-3-16-27-22(25)21(23(30)26-24(27)31)28(17-19-12-8-5-9-13-19)20(29)15-14-18-10-6-4-7-11-18/h4-15H,2-3,16-17,25H2,1H3,(H,26,30,31)/b15-14+. The second-order valence-corrected chi connectivity index (χ2v) is 7.15. The number of nitrogens with zero attached hydrogens (tertiary/aromatic N) is 2. The average molecular weight is 418 g/mol. The Hall–Kier alpha value is -3.87. The van der Waals surface area contributed by atoms with Crippen LogP contribution in [-0.2, 0) is 17.9 Å². The number of H-pyrrole nitrogens is 1. The molecule has 160 valence electrons. The highest BCUT2D eigenvalue weighted by Gasteiger charge is 2.23. The molecule has 0 aliphatic heterocycles. The van der Waals surface area contributed by atoms with Gasteiger partial charge in [0.15, 0.2) is 5.69 Å². The summed E-state index contributed by atoms with van der Waals surface area (Å²) >= 11 is 0. The van der Waals surface area contributed by atoms with Gasteiger partial charge in [-0.25, -0.2) is 4.79 Å². The van der Waals surface area contributed by atoms with E-state index in [9.17, 15) is 14.4 Å². The van der Waals surface area contributed by atoms with Gasteiger partial charge >= 0.3 is 5.69 Å². The first kappa shape index (κ1) is 21.8. The fourth-order valence-electron chi connectivity index (χ4n) is 3.23. The first-order valence-corrected chi connectivity index (χ1v) is 10.2. The van der Waals surface area contributed by atoms with E-state index in [4.69, 9.17) is 5.73 Å². The van der Waals surface area contributed by atoms with Crippen LogP contribution in [-0.4, -0.2) is 15.5 Å². The molecule has 0 saturated carbocycles. The zero-order chi connectivity index (χ0) is 22.2. The molecule has 31 heavy (non-hydrogen) atoms. The minimum atomic E-state index is -0.687. The summed E-state index contributed by atoms with van der Waals surface area (Å²) in [4.78, 5) is 41.8. The van der Waals surface area contributed by atoms with Gasteiger partial charge in [0.05, 0.1) is 6.54 Å². The molecule has 1 heterocycles. The third-order valence-corrected chi connectivity index (χ3v) is 4.89. The van der Waals surface area contributed by atoms with Crippen LogP contribution >= 0.6 is 0 Å². The quantitative estimate of drug-likeness (QED) is 0.549. The van der Waals surface area contributed by atoms with Crippen molar-refractivity contribution in [2.75, 3.05) is 10.6 Å². The molecule has 3 aromatic rings. The van der Waals surface area contributed by atoms with E-state index in [1.165, 1.54) is 15.5 Å². The summed E-state index contributed by atoms with van der Waals surface area (Å²) in [7, 11) is 0. The summed E-state index contributed by atoms with van der Waals surface area (Å²) in [5.41, 5.74) is 6.64. The van der Waals surface area contributed by atoms with Gasteiger partial charge < -0.3 is 5.73 Å². The molecule has 7 nitrogen and oxygen atoms in total. The summed E-state index contributed by atoms with van der Waals surface area (Å²) < 4.78 is 1.31. The van der Waals surface area contributed by atoms with Crippen LogP contribution in [0.2, 0.25) is 0 Å². The van der Waals surface area contributed by atoms with E-state index in [2.05, 4.69) is 4.98 Å². The van der Waals surface area contributed by atoms with Gasteiger partial charge in [0.1, 0.15) is 5.82 Å². The van der Waals surface area contributed by atoms with Crippen LogP contribution in [0.3, 0.4) is 0 Å². The second kappa shape index (κ2) is 10.2. The molecule has 0 unspecified atom stereocenters. The van der Waals surface area contributed by atoms with Crippen molar-refractivity contribution < 1.29 is 4.79 Å². The van der Waals surface area contributed by atoms with Crippen molar-refractivity contribution in [3.8, 4) is 0 Å². The molecule has 1 amide bonds. The number of unbranched alkanes of at least 4 members (excludes halogenated alkanes) is 1. The number of rotatable bonds is 8. The number of aromatic nitrogens is 2. The number of nitrogen functional groups attached to an aromatic ring is 1. The SMILES string of the molecule is CCCCn1c(N)c(N(Cc2ccccc2)C(=O)/C=C/c2ccccc2)c(=O)[nH]c1=O. The van der Waals surface area contributed by atoms with E-state index < -0.39 is 17.2 Å². The molecule has 0 saturated heterocycles. The number of nitrogens with one attached hydrogen (secondary N) is 1. The van der Waals surface area contributed by atoms with Gasteiger partial charge in [0.2, 0.25) is 0 Å². The number of carbonyl (C=O) groups excluding carboxylic acids is 1. The number of hydrogen-bond acceptors (Lipinski definition) is 4. The van der Waals surface area contributed by atoms with Gasteiger partial charge in [-0.1, -0.05) is 74.0 Å². The summed E-state index contributed by atoms with van der Waals surface area (Å²) in [6.07, 6.45) is 4.65. The molecule has 0 aliphatic rings. The maximum atomic E-state index is 13.2. The zero-order valence-electron chi connectivity index (χ0n) is 17.5. The number of aromatic amines is 1. The normalized spacial score (nSPS) is 11.0. The molecule has 3 rings (SSSR count). The van der Waals surface area contributed by atoms with Crippen molar-refractivity contribution in [2.24, 2.45) is 0 Å². The van der Waals surface area contributed by atoms with Crippen LogP contribution in [0.25, 0.3) is 6.08 Å². The Balaban J connectivity index is 2.06. The van der Waals surface area contributed by atoms with E-state index in [0.29, 0.717) is 6.54 Å². The highest BCUT2D eigenvalue weighted by Crippen LogP contribution is 2.20. The van der Waals surface area contributed by atoms with Gasteiger partial charge in [-0.15, -0.1) is 0 Å². The number of hydrogen-bond donors (Lipinski definition) is 2. The Morgan fingerprint density at radius 3 is 2.35 bits per heavy atom. The highest BCUT2D eigenvalue weighted by atomic mass is 16.2. The minimum Gasteiger partial charge on any atom is -0.383 e. The Labute approximate surface area is 180 Å². The maximum Gasteiger partial charge on any atom is 0.330 e. The lowest BCUT2D eigenvalue weighted by Crippen LogP contribution is -2.40. The maximum absolute atomic E-state index is 13.2. The lowest BCUT2D eigenvalue weighted by atomic mass is 10.2. The minimum absolute atomic E-state index is 0.0143. The van der Waals surface area contributed by atoms with Crippen molar-refractivity contribution in [1.82, 2.24) is 9.55 Å². The van der Waals surface area contributed by atoms with Gasteiger partial charge in [0.25, 0.3) is 11.5 Å². The molecule has 0 radical (unpaired) electrons. The average Bonchev–Trinajstić information content (AvgIpc) is 2.78. The Kier molecular flexibility index (Phi) is 7.22.